The molecular formula is C15H19NO. The molecule has 0 aromatic heterocycles. The van der Waals surface area contributed by atoms with E-state index < -0.39 is 0 Å². The molecule has 1 saturated heterocycles. The molecule has 3 rings (SSSR count). The van der Waals surface area contributed by atoms with Gasteiger partial charge in [0.05, 0.1) is 0 Å². The van der Waals surface area contributed by atoms with E-state index >= 15 is 0 Å². The van der Waals surface area contributed by atoms with Crippen LogP contribution in [0.15, 0.2) is 24.3 Å². The second-order valence-electron chi connectivity index (χ2n) is 5.33. The van der Waals surface area contributed by atoms with Crippen molar-refractivity contribution in [3.05, 3.63) is 35.4 Å². The quantitative estimate of drug-likeness (QED) is 0.848. The highest BCUT2D eigenvalue weighted by molar-refractivity contribution is 5.80. The first-order valence-corrected chi connectivity index (χ1v) is 6.67. The van der Waals surface area contributed by atoms with E-state index in [4.69, 9.17) is 0 Å². The normalized spacial score (nSPS) is 28.2. The number of nitrogens with one attached hydrogen (secondary N) is 1. The summed E-state index contributed by atoms with van der Waals surface area (Å²) in [5.41, 5.74) is 2.79. The molecule has 2 heteroatoms. The van der Waals surface area contributed by atoms with Gasteiger partial charge in [0, 0.05) is 18.4 Å². The SMILES string of the molecule is CCC1NC(=O)CC1c1ccc(C2CC2)cc1. The maximum absolute atomic E-state index is 11.5. The van der Waals surface area contributed by atoms with Crippen molar-refractivity contribution in [3.8, 4) is 0 Å². The fourth-order valence-corrected chi connectivity index (χ4v) is 2.88. The predicted octanol–water partition coefficient (Wildman–Crippen LogP) is 2.95. The molecule has 1 aliphatic carbocycles. The van der Waals surface area contributed by atoms with Crippen LogP contribution < -0.4 is 5.32 Å². The van der Waals surface area contributed by atoms with Crippen LogP contribution in [-0.4, -0.2) is 11.9 Å². The van der Waals surface area contributed by atoms with E-state index in [2.05, 4.69) is 36.5 Å². The maximum Gasteiger partial charge on any atom is 0.220 e. The fraction of sp³-hybridized carbons (Fsp3) is 0.533. The Balaban J connectivity index is 1.80. The molecule has 2 unspecified atom stereocenters. The van der Waals surface area contributed by atoms with Crippen LogP contribution in [0.2, 0.25) is 0 Å². The monoisotopic (exact) mass is 229 g/mol. The molecule has 0 radical (unpaired) electrons. The van der Waals surface area contributed by atoms with Gasteiger partial charge < -0.3 is 5.32 Å². The minimum atomic E-state index is 0.202. The molecule has 17 heavy (non-hydrogen) atoms. The summed E-state index contributed by atoms with van der Waals surface area (Å²) >= 11 is 0. The number of rotatable bonds is 3. The molecule has 1 aliphatic heterocycles. The summed E-state index contributed by atoms with van der Waals surface area (Å²) in [6, 6.07) is 9.28. The molecule has 1 N–H and O–H groups in total. The zero-order chi connectivity index (χ0) is 11.8. The molecule has 2 atom stereocenters. The number of carbonyl (C=O) groups excluding carboxylic acids is 1. The fourth-order valence-electron chi connectivity index (χ4n) is 2.88. The Morgan fingerprint density at radius 2 is 1.82 bits per heavy atom. The number of benzene rings is 1. The van der Waals surface area contributed by atoms with Crippen LogP contribution in [0.3, 0.4) is 0 Å². The van der Waals surface area contributed by atoms with Gasteiger partial charge >= 0.3 is 0 Å². The Bertz CT molecular complexity index is 419. The highest BCUT2D eigenvalue weighted by Crippen LogP contribution is 2.40. The van der Waals surface area contributed by atoms with Crippen molar-refractivity contribution >= 4 is 5.91 Å². The molecule has 90 valence electrons. The van der Waals surface area contributed by atoms with Crippen LogP contribution in [0.25, 0.3) is 0 Å². The molecule has 2 aliphatic rings. The van der Waals surface area contributed by atoms with Crippen molar-refractivity contribution in [2.45, 2.75) is 50.5 Å². The lowest BCUT2D eigenvalue weighted by Gasteiger charge is -2.17. The van der Waals surface area contributed by atoms with E-state index in [1.54, 1.807) is 0 Å². The highest BCUT2D eigenvalue weighted by Gasteiger charge is 2.32. The highest BCUT2D eigenvalue weighted by atomic mass is 16.2. The van der Waals surface area contributed by atoms with Crippen LogP contribution in [-0.2, 0) is 4.79 Å². The summed E-state index contributed by atoms with van der Waals surface area (Å²) in [5, 5.41) is 3.06. The largest absolute Gasteiger partial charge is 0.353 e. The van der Waals surface area contributed by atoms with Crippen molar-refractivity contribution in [3.63, 3.8) is 0 Å². The zero-order valence-corrected chi connectivity index (χ0v) is 10.3. The van der Waals surface area contributed by atoms with E-state index in [1.165, 1.54) is 24.0 Å². The third-order valence-corrected chi connectivity index (χ3v) is 4.09. The van der Waals surface area contributed by atoms with E-state index in [9.17, 15) is 4.79 Å². The van der Waals surface area contributed by atoms with Gasteiger partial charge in [-0.1, -0.05) is 31.2 Å². The van der Waals surface area contributed by atoms with Crippen LogP contribution in [0, 0.1) is 0 Å². The number of amides is 1. The molecule has 0 spiro atoms. The first-order chi connectivity index (χ1) is 8.28. The molecule has 1 heterocycles. The van der Waals surface area contributed by atoms with E-state index in [1.807, 2.05) is 0 Å². The van der Waals surface area contributed by atoms with Gasteiger partial charge in [-0.15, -0.1) is 0 Å². The summed E-state index contributed by atoms with van der Waals surface area (Å²) in [6.45, 7) is 2.14. The van der Waals surface area contributed by atoms with Crippen LogP contribution in [0.1, 0.15) is 55.6 Å². The van der Waals surface area contributed by atoms with Crippen molar-refractivity contribution in [2.75, 3.05) is 0 Å². The Morgan fingerprint density at radius 3 is 2.41 bits per heavy atom. The predicted molar refractivity (Wildman–Crippen MR) is 68.0 cm³/mol. The van der Waals surface area contributed by atoms with E-state index in [-0.39, 0.29) is 5.91 Å². The van der Waals surface area contributed by atoms with E-state index in [0.29, 0.717) is 18.4 Å². The van der Waals surface area contributed by atoms with Crippen molar-refractivity contribution in [1.82, 2.24) is 5.32 Å². The molecular weight excluding hydrogens is 210 g/mol. The van der Waals surface area contributed by atoms with Gasteiger partial charge in [-0.05, 0) is 36.3 Å². The Hall–Kier alpha value is -1.31. The lowest BCUT2D eigenvalue weighted by atomic mass is 9.90. The van der Waals surface area contributed by atoms with Gasteiger partial charge in [0.1, 0.15) is 0 Å². The second kappa shape index (κ2) is 4.17. The Kier molecular flexibility index (Phi) is 2.65. The third-order valence-electron chi connectivity index (χ3n) is 4.09. The Labute approximate surface area is 102 Å². The van der Waals surface area contributed by atoms with Crippen molar-refractivity contribution in [1.29, 1.82) is 0 Å². The van der Waals surface area contributed by atoms with Crippen LogP contribution in [0.5, 0.6) is 0 Å². The molecule has 2 nitrogen and oxygen atoms in total. The Morgan fingerprint density at radius 1 is 1.18 bits per heavy atom. The van der Waals surface area contributed by atoms with Crippen molar-refractivity contribution in [2.24, 2.45) is 0 Å². The minimum Gasteiger partial charge on any atom is -0.353 e. The summed E-state index contributed by atoms with van der Waals surface area (Å²) in [4.78, 5) is 11.5. The smallest absolute Gasteiger partial charge is 0.220 e. The average molecular weight is 229 g/mol. The standard InChI is InChI=1S/C15H19NO/c1-2-14-13(9-15(17)16-14)12-7-5-11(6-8-12)10-3-4-10/h5-8,10,13-14H,2-4,9H2,1H3,(H,16,17). The molecule has 2 fully saturated rings. The first kappa shape index (κ1) is 10.8. The summed E-state index contributed by atoms with van der Waals surface area (Å²) in [7, 11) is 0. The molecule has 1 amide bonds. The van der Waals surface area contributed by atoms with Crippen molar-refractivity contribution < 1.29 is 4.79 Å². The molecule has 1 aromatic rings. The molecule has 0 bridgehead atoms. The number of hydrogen-bond donors (Lipinski definition) is 1. The lowest BCUT2D eigenvalue weighted by molar-refractivity contribution is -0.119. The zero-order valence-electron chi connectivity index (χ0n) is 10.3. The van der Waals surface area contributed by atoms with Gasteiger partial charge in [-0.25, -0.2) is 0 Å². The molecule has 1 saturated carbocycles. The minimum absolute atomic E-state index is 0.202. The first-order valence-electron chi connectivity index (χ1n) is 6.67. The van der Waals surface area contributed by atoms with Gasteiger partial charge in [0.25, 0.3) is 0 Å². The summed E-state index contributed by atoms with van der Waals surface area (Å²) < 4.78 is 0. The number of carbonyl (C=O) groups is 1. The van der Waals surface area contributed by atoms with Crippen LogP contribution >= 0.6 is 0 Å². The van der Waals surface area contributed by atoms with Gasteiger partial charge in [0.2, 0.25) is 5.91 Å². The van der Waals surface area contributed by atoms with E-state index in [0.717, 1.165) is 12.3 Å². The van der Waals surface area contributed by atoms with Crippen LogP contribution in [0.4, 0.5) is 0 Å². The maximum atomic E-state index is 11.5. The topological polar surface area (TPSA) is 29.1 Å². The second-order valence-corrected chi connectivity index (χ2v) is 5.33. The summed E-state index contributed by atoms with van der Waals surface area (Å²) in [6.07, 6.45) is 4.36. The number of hydrogen-bond acceptors (Lipinski definition) is 1. The molecule has 1 aromatic carbocycles. The van der Waals surface area contributed by atoms with Gasteiger partial charge in [-0.2, -0.15) is 0 Å². The average Bonchev–Trinajstić information content (AvgIpc) is 3.13. The lowest BCUT2D eigenvalue weighted by Crippen LogP contribution is -2.27. The van der Waals surface area contributed by atoms with Gasteiger partial charge in [-0.3, -0.25) is 4.79 Å². The third kappa shape index (κ3) is 2.08. The van der Waals surface area contributed by atoms with Gasteiger partial charge in [0.15, 0.2) is 0 Å². The summed E-state index contributed by atoms with van der Waals surface area (Å²) in [5.74, 6) is 1.39.